The molecule has 1 fully saturated rings. The van der Waals surface area contributed by atoms with Gasteiger partial charge < -0.3 is 5.32 Å². The van der Waals surface area contributed by atoms with E-state index >= 15 is 0 Å². The molecule has 2 unspecified atom stereocenters. The number of hydrogen-bond acceptors (Lipinski definition) is 2. The van der Waals surface area contributed by atoms with Crippen LogP contribution in [-0.2, 0) is 4.79 Å². The molecule has 2 rings (SSSR count). The molecule has 0 aromatic heterocycles. The van der Waals surface area contributed by atoms with E-state index in [-0.39, 0.29) is 23.6 Å². The molecular weight excluding hydrogens is 291 g/mol. The predicted octanol–water partition coefficient (Wildman–Crippen LogP) is 3.56. The number of benzene rings is 1. The summed E-state index contributed by atoms with van der Waals surface area (Å²) in [6, 6.07) is 6.64. The van der Waals surface area contributed by atoms with Crippen LogP contribution >= 0.6 is 0 Å². The molecule has 1 aliphatic rings. The third-order valence-electron chi connectivity index (χ3n) is 4.76. The Balaban J connectivity index is 1.94. The molecule has 1 aromatic rings. The van der Waals surface area contributed by atoms with Crippen molar-refractivity contribution in [2.45, 2.75) is 52.0 Å². The summed E-state index contributed by atoms with van der Waals surface area (Å²) in [7, 11) is 0. The van der Waals surface area contributed by atoms with Crippen molar-refractivity contribution in [3.8, 4) is 0 Å². The van der Waals surface area contributed by atoms with Gasteiger partial charge in [-0.05, 0) is 56.5 Å². The van der Waals surface area contributed by atoms with E-state index in [0.29, 0.717) is 12.6 Å². The largest absolute Gasteiger partial charge is 0.354 e. The number of rotatable bonds is 6. The lowest BCUT2D eigenvalue weighted by Gasteiger charge is -2.33. The Hall–Kier alpha value is -1.42. The van der Waals surface area contributed by atoms with Gasteiger partial charge in [0.2, 0.25) is 5.91 Å². The minimum absolute atomic E-state index is 0.0375. The summed E-state index contributed by atoms with van der Waals surface area (Å²) >= 11 is 0. The van der Waals surface area contributed by atoms with Crippen LogP contribution in [-0.4, -0.2) is 36.5 Å². The van der Waals surface area contributed by atoms with E-state index < -0.39 is 0 Å². The fourth-order valence-corrected chi connectivity index (χ4v) is 3.36. The van der Waals surface area contributed by atoms with Gasteiger partial charge in [-0.1, -0.05) is 32.4 Å². The Labute approximate surface area is 139 Å². The van der Waals surface area contributed by atoms with Gasteiger partial charge >= 0.3 is 0 Å². The molecule has 1 aromatic carbocycles. The van der Waals surface area contributed by atoms with Crippen LogP contribution in [0.15, 0.2) is 24.3 Å². The lowest BCUT2D eigenvalue weighted by molar-refractivity contribution is -0.123. The van der Waals surface area contributed by atoms with Crippen molar-refractivity contribution in [3.05, 3.63) is 35.6 Å². The minimum atomic E-state index is -0.268. The van der Waals surface area contributed by atoms with E-state index in [1.165, 1.54) is 31.4 Å². The molecule has 1 amide bonds. The van der Waals surface area contributed by atoms with Crippen LogP contribution in [0.4, 0.5) is 4.39 Å². The van der Waals surface area contributed by atoms with Crippen LogP contribution in [0.2, 0.25) is 0 Å². The van der Waals surface area contributed by atoms with Crippen LogP contribution in [0, 0.1) is 11.7 Å². The molecule has 1 N–H and O–H groups in total. The van der Waals surface area contributed by atoms with E-state index in [0.717, 1.165) is 18.7 Å². The highest BCUT2D eigenvalue weighted by Gasteiger charge is 2.25. The highest BCUT2D eigenvalue weighted by molar-refractivity contribution is 5.83. The summed E-state index contributed by atoms with van der Waals surface area (Å²) in [5.74, 6) is -0.291. The zero-order valence-corrected chi connectivity index (χ0v) is 14.5. The second kappa shape index (κ2) is 8.44. The highest BCUT2D eigenvalue weighted by atomic mass is 19.1. The summed E-state index contributed by atoms with van der Waals surface area (Å²) < 4.78 is 13.1. The first-order chi connectivity index (χ1) is 11.0. The van der Waals surface area contributed by atoms with Crippen LogP contribution in [0.3, 0.4) is 0 Å². The number of amides is 1. The van der Waals surface area contributed by atoms with Gasteiger partial charge in [0.1, 0.15) is 5.82 Å². The Bertz CT molecular complexity index is 495. The molecule has 4 heteroatoms. The van der Waals surface area contributed by atoms with E-state index in [9.17, 15) is 9.18 Å². The zero-order chi connectivity index (χ0) is 16.8. The molecule has 1 aliphatic heterocycles. The number of likely N-dealkylation sites (tertiary alicyclic amines) is 1. The molecule has 0 aliphatic carbocycles. The van der Waals surface area contributed by atoms with Gasteiger partial charge in [0, 0.05) is 12.6 Å². The van der Waals surface area contributed by atoms with Gasteiger partial charge in [0.05, 0.1) is 5.92 Å². The van der Waals surface area contributed by atoms with Gasteiger partial charge in [-0.3, -0.25) is 9.69 Å². The number of carbonyl (C=O) groups is 1. The van der Waals surface area contributed by atoms with Crippen LogP contribution < -0.4 is 5.32 Å². The van der Waals surface area contributed by atoms with Crippen molar-refractivity contribution in [3.63, 3.8) is 0 Å². The van der Waals surface area contributed by atoms with Crippen molar-refractivity contribution in [1.29, 1.82) is 0 Å². The van der Waals surface area contributed by atoms with Gasteiger partial charge in [0.25, 0.3) is 0 Å². The Kier molecular flexibility index (Phi) is 6.58. The van der Waals surface area contributed by atoms with E-state index in [1.807, 2.05) is 13.8 Å². The number of hydrogen-bond donors (Lipinski definition) is 1. The first-order valence-electron chi connectivity index (χ1n) is 8.76. The first kappa shape index (κ1) is 17.9. The number of nitrogens with one attached hydrogen (secondary N) is 1. The summed E-state index contributed by atoms with van der Waals surface area (Å²) in [5, 5.41) is 3.10. The van der Waals surface area contributed by atoms with Crippen molar-refractivity contribution in [1.82, 2.24) is 10.2 Å². The topological polar surface area (TPSA) is 32.3 Å². The summed E-state index contributed by atoms with van der Waals surface area (Å²) in [6.07, 6.45) is 3.82. The third-order valence-corrected chi connectivity index (χ3v) is 4.76. The Morgan fingerprint density at radius 2 is 1.74 bits per heavy atom. The number of piperidine rings is 1. The van der Waals surface area contributed by atoms with Crippen LogP contribution in [0.25, 0.3) is 0 Å². The maximum Gasteiger partial charge on any atom is 0.227 e. The third kappa shape index (κ3) is 5.03. The average molecular weight is 320 g/mol. The molecule has 1 heterocycles. The predicted molar refractivity (Wildman–Crippen MR) is 91.9 cm³/mol. The molecule has 2 atom stereocenters. The number of halogens is 1. The summed E-state index contributed by atoms with van der Waals surface area (Å²) in [5.41, 5.74) is 0.879. The Morgan fingerprint density at radius 3 is 2.30 bits per heavy atom. The molecule has 0 spiro atoms. The monoisotopic (exact) mass is 320 g/mol. The zero-order valence-electron chi connectivity index (χ0n) is 14.5. The SMILES string of the molecule is CC(C)C(C(=O)NCC(C)N1CCCCC1)c1ccc(F)cc1. The normalized spacial score (nSPS) is 18.7. The highest BCUT2D eigenvalue weighted by Crippen LogP contribution is 2.25. The van der Waals surface area contributed by atoms with Gasteiger partial charge in [-0.25, -0.2) is 4.39 Å². The molecular formula is C19H29FN2O. The second-order valence-corrected chi connectivity index (χ2v) is 6.96. The lowest BCUT2D eigenvalue weighted by Crippen LogP contribution is -2.45. The smallest absolute Gasteiger partial charge is 0.227 e. The number of carbonyl (C=O) groups excluding carboxylic acids is 1. The van der Waals surface area contributed by atoms with Crippen molar-refractivity contribution >= 4 is 5.91 Å². The molecule has 0 saturated carbocycles. The van der Waals surface area contributed by atoms with Crippen LogP contribution in [0.1, 0.15) is 51.5 Å². The molecule has 128 valence electrons. The lowest BCUT2D eigenvalue weighted by atomic mass is 9.87. The van der Waals surface area contributed by atoms with Gasteiger partial charge in [-0.2, -0.15) is 0 Å². The maximum absolute atomic E-state index is 13.1. The van der Waals surface area contributed by atoms with Crippen molar-refractivity contribution in [2.75, 3.05) is 19.6 Å². The van der Waals surface area contributed by atoms with Crippen molar-refractivity contribution in [2.24, 2.45) is 5.92 Å². The molecule has 0 bridgehead atoms. The first-order valence-corrected chi connectivity index (χ1v) is 8.76. The summed E-state index contributed by atoms with van der Waals surface area (Å²) in [4.78, 5) is 15.1. The molecule has 3 nitrogen and oxygen atoms in total. The van der Waals surface area contributed by atoms with Crippen molar-refractivity contribution < 1.29 is 9.18 Å². The van der Waals surface area contributed by atoms with E-state index in [2.05, 4.69) is 17.1 Å². The second-order valence-electron chi connectivity index (χ2n) is 6.96. The fourth-order valence-electron chi connectivity index (χ4n) is 3.36. The molecule has 23 heavy (non-hydrogen) atoms. The maximum atomic E-state index is 13.1. The van der Waals surface area contributed by atoms with Gasteiger partial charge in [0.15, 0.2) is 0 Å². The Morgan fingerprint density at radius 1 is 1.13 bits per heavy atom. The van der Waals surface area contributed by atoms with Gasteiger partial charge in [-0.15, -0.1) is 0 Å². The molecule has 1 saturated heterocycles. The molecule has 0 radical (unpaired) electrons. The fraction of sp³-hybridized carbons (Fsp3) is 0.632. The quantitative estimate of drug-likeness (QED) is 0.869. The van der Waals surface area contributed by atoms with E-state index in [4.69, 9.17) is 0 Å². The minimum Gasteiger partial charge on any atom is -0.354 e. The van der Waals surface area contributed by atoms with E-state index in [1.54, 1.807) is 12.1 Å². The summed E-state index contributed by atoms with van der Waals surface area (Å²) in [6.45, 7) is 9.16. The average Bonchev–Trinajstić information content (AvgIpc) is 2.55. The number of nitrogens with zero attached hydrogens (tertiary/aromatic N) is 1. The van der Waals surface area contributed by atoms with Crippen LogP contribution in [0.5, 0.6) is 0 Å². The standard InChI is InChI=1S/C19H29FN2O/c1-14(2)18(16-7-9-17(20)10-8-16)19(23)21-13-15(3)22-11-5-4-6-12-22/h7-10,14-15,18H,4-6,11-13H2,1-3H3,(H,21,23).